The van der Waals surface area contributed by atoms with Crippen LogP contribution < -0.4 is 10.6 Å². The Balaban J connectivity index is 2.66. The number of hydrogen-bond acceptors (Lipinski definition) is 5. The predicted molar refractivity (Wildman–Crippen MR) is 72.7 cm³/mol. The van der Waals surface area contributed by atoms with Crippen LogP contribution in [0.5, 0.6) is 0 Å². The van der Waals surface area contributed by atoms with E-state index in [1.807, 2.05) is 20.8 Å². The highest BCUT2D eigenvalue weighted by molar-refractivity contribution is 5.81. The second kappa shape index (κ2) is 6.78. The van der Waals surface area contributed by atoms with Crippen molar-refractivity contribution in [3.63, 3.8) is 0 Å². The summed E-state index contributed by atoms with van der Waals surface area (Å²) in [5.74, 6) is 1.53. The highest BCUT2D eigenvalue weighted by atomic mass is 16.2. The molecule has 2 N–H and O–H groups in total. The molecule has 0 saturated heterocycles. The lowest BCUT2D eigenvalue weighted by Gasteiger charge is -2.19. The van der Waals surface area contributed by atoms with E-state index < -0.39 is 0 Å². The molecule has 0 aromatic carbocycles. The summed E-state index contributed by atoms with van der Waals surface area (Å²) in [6.45, 7) is 7.55. The van der Waals surface area contributed by atoms with Crippen LogP contribution in [0.1, 0.15) is 19.4 Å². The Bertz CT molecular complexity index is 403. The standard InChI is InChI=1S/C12H21N5O/c1-5-17(6-2)10(18)7-14-12-9(3)11(13-4)15-8-16-12/h8H,5-7H2,1-4H3,(H2,13,14,15,16). The average molecular weight is 251 g/mol. The van der Waals surface area contributed by atoms with Gasteiger partial charge in [-0.2, -0.15) is 0 Å². The van der Waals surface area contributed by atoms with Crippen molar-refractivity contribution in [2.45, 2.75) is 20.8 Å². The topological polar surface area (TPSA) is 70.2 Å². The van der Waals surface area contributed by atoms with Crippen LogP contribution in [0.2, 0.25) is 0 Å². The first-order valence-electron chi connectivity index (χ1n) is 6.15. The Morgan fingerprint density at radius 3 is 2.44 bits per heavy atom. The summed E-state index contributed by atoms with van der Waals surface area (Å²) in [7, 11) is 1.81. The van der Waals surface area contributed by atoms with Gasteiger partial charge in [0.25, 0.3) is 0 Å². The van der Waals surface area contributed by atoms with E-state index in [9.17, 15) is 4.79 Å². The highest BCUT2D eigenvalue weighted by Gasteiger charge is 2.11. The van der Waals surface area contributed by atoms with Crippen molar-refractivity contribution in [1.82, 2.24) is 14.9 Å². The fourth-order valence-electron chi connectivity index (χ4n) is 1.73. The molecule has 0 saturated carbocycles. The number of nitrogens with one attached hydrogen (secondary N) is 2. The van der Waals surface area contributed by atoms with Gasteiger partial charge in [0.1, 0.15) is 18.0 Å². The van der Waals surface area contributed by atoms with E-state index in [2.05, 4.69) is 20.6 Å². The Kier molecular flexibility index (Phi) is 5.35. The first kappa shape index (κ1) is 14.2. The van der Waals surface area contributed by atoms with Crippen molar-refractivity contribution in [1.29, 1.82) is 0 Å². The number of rotatable bonds is 6. The molecule has 0 aliphatic heterocycles. The lowest BCUT2D eigenvalue weighted by molar-refractivity contribution is -0.128. The quantitative estimate of drug-likeness (QED) is 0.792. The van der Waals surface area contributed by atoms with Crippen molar-refractivity contribution in [3.05, 3.63) is 11.9 Å². The second-order valence-corrected chi connectivity index (χ2v) is 3.87. The molecule has 0 aliphatic rings. The summed E-state index contributed by atoms with van der Waals surface area (Å²) in [5, 5.41) is 6.04. The molecule has 100 valence electrons. The summed E-state index contributed by atoms with van der Waals surface area (Å²) >= 11 is 0. The van der Waals surface area contributed by atoms with Crippen molar-refractivity contribution in [2.24, 2.45) is 0 Å². The number of hydrogen-bond donors (Lipinski definition) is 2. The minimum atomic E-state index is 0.0732. The van der Waals surface area contributed by atoms with E-state index in [-0.39, 0.29) is 12.5 Å². The molecule has 1 aromatic rings. The van der Waals surface area contributed by atoms with Gasteiger partial charge in [-0.3, -0.25) is 4.79 Å². The molecule has 18 heavy (non-hydrogen) atoms. The molecule has 0 atom stereocenters. The summed E-state index contributed by atoms with van der Waals surface area (Å²) in [5.41, 5.74) is 0.910. The van der Waals surface area contributed by atoms with E-state index in [4.69, 9.17) is 0 Å². The van der Waals surface area contributed by atoms with Crippen molar-refractivity contribution < 1.29 is 4.79 Å². The lowest BCUT2D eigenvalue weighted by Crippen LogP contribution is -2.35. The summed E-state index contributed by atoms with van der Waals surface area (Å²) < 4.78 is 0. The minimum absolute atomic E-state index is 0.0732. The van der Waals surface area contributed by atoms with Crippen LogP contribution in [0.15, 0.2) is 6.33 Å². The van der Waals surface area contributed by atoms with Crippen LogP contribution in [0.25, 0.3) is 0 Å². The van der Waals surface area contributed by atoms with Crippen molar-refractivity contribution in [3.8, 4) is 0 Å². The molecule has 6 nitrogen and oxygen atoms in total. The zero-order valence-corrected chi connectivity index (χ0v) is 11.4. The number of carbonyl (C=O) groups excluding carboxylic acids is 1. The van der Waals surface area contributed by atoms with Gasteiger partial charge < -0.3 is 15.5 Å². The van der Waals surface area contributed by atoms with Crippen molar-refractivity contribution >= 4 is 17.5 Å². The predicted octanol–water partition coefficient (Wildman–Crippen LogP) is 1.11. The van der Waals surface area contributed by atoms with Gasteiger partial charge in [0, 0.05) is 25.7 Å². The smallest absolute Gasteiger partial charge is 0.241 e. The van der Waals surface area contributed by atoms with Gasteiger partial charge in [-0.15, -0.1) is 0 Å². The molecule has 1 aromatic heterocycles. The van der Waals surface area contributed by atoms with Crippen LogP contribution in [0, 0.1) is 6.92 Å². The zero-order chi connectivity index (χ0) is 13.5. The third kappa shape index (κ3) is 3.32. The van der Waals surface area contributed by atoms with E-state index in [0.717, 1.165) is 24.5 Å². The van der Waals surface area contributed by atoms with Gasteiger partial charge in [0.15, 0.2) is 0 Å². The largest absolute Gasteiger partial charge is 0.373 e. The lowest BCUT2D eigenvalue weighted by atomic mass is 10.3. The summed E-state index contributed by atoms with van der Waals surface area (Å²) in [4.78, 5) is 21.9. The third-order valence-electron chi connectivity index (χ3n) is 2.84. The second-order valence-electron chi connectivity index (χ2n) is 3.87. The Hall–Kier alpha value is -1.85. The normalized spacial score (nSPS) is 10.0. The molecule has 0 unspecified atom stereocenters. The van der Waals surface area contributed by atoms with Gasteiger partial charge >= 0.3 is 0 Å². The number of nitrogens with zero attached hydrogens (tertiary/aromatic N) is 3. The Morgan fingerprint density at radius 2 is 1.89 bits per heavy atom. The maximum atomic E-state index is 11.8. The number of aromatic nitrogens is 2. The van der Waals surface area contributed by atoms with E-state index in [1.54, 1.807) is 11.9 Å². The average Bonchev–Trinajstić information content (AvgIpc) is 2.39. The number of carbonyl (C=O) groups is 1. The van der Waals surface area contributed by atoms with E-state index in [0.29, 0.717) is 5.82 Å². The maximum absolute atomic E-state index is 11.8. The maximum Gasteiger partial charge on any atom is 0.241 e. The van der Waals surface area contributed by atoms with Crippen LogP contribution >= 0.6 is 0 Å². The van der Waals surface area contributed by atoms with E-state index in [1.165, 1.54) is 6.33 Å². The SMILES string of the molecule is CCN(CC)C(=O)CNc1ncnc(NC)c1C. The third-order valence-corrected chi connectivity index (χ3v) is 2.84. The molecule has 0 radical (unpaired) electrons. The number of likely N-dealkylation sites (N-methyl/N-ethyl adjacent to an activating group) is 1. The first-order valence-corrected chi connectivity index (χ1v) is 6.15. The fourth-order valence-corrected chi connectivity index (χ4v) is 1.73. The fraction of sp³-hybridized carbons (Fsp3) is 0.583. The van der Waals surface area contributed by atoms with E-state index >= 15 is 0 Å². The molecular formula is C12H21N5O. The molecule has 6 heteroatoms. The summed E-state index contributed by atoms with van der Waals surface area (Å²) in [6.07, 6.45) is 1.48. The molecule has 0 fully saturated rings. The molecule has 1 rings (SSSR count). The van der Waals surface area contributed by atoms with Crippen molar-refractivity contribution in [2.75, 3.05) is 37.3 Å². The molecule has 0 spiro atoms. The first-order chi connectivity index (χ1) is 8.63. The monoisotopic (exact) mass is 251 g/mol. The molecule has 1 amide bonds. The number of amides is 1. The molecule has 0 bridgehead atoms. The zero-order valence-electron chi connectivity index (χ0n) is 11.4. The Morgan fingerprint density at radius 1 is 1.28 bits per heavy atom. The number of anilines is 2. The van der Waals surface area contributed by atoms with Gasteiger partial charge in [0.05, 0.1) is 6.54 Å². The van der Waals surface area contributed by atoms with Gasteiger partial charge in [-0.1, -0.05) is 0 Å². The van der Waals surface area contributed by atoms with Crippen LogP contribution in [0.4, 0.5) is 11.6 Å². The molecular weight excluding hydrogens is 230 g/mol. The van der Waals surface area contributed by atoms with Gasteiger partial charge in [-0.25, -0.2) is 9.97 Å². The van der Waals surface area contributed by atoms with Crippen LogP contribution in [0.3, 0.4) is 0 Å². The molecule has 0 aliphatic carbocycles. The Labute approximate surface area is 108 Å². The van der Waals surface area contributed by atoms with Gasteiger partial charge in [0.2, 0.25) is 5.91 Å². The van der Waals surface area contributed by atoms with Crippen LogP contribution in [-0.4, -0.2) is 47.5 Å². The summed E-state index contributed by atoms with van der Waals surface area (Å²) in [6, 6.07) is 0. The van der Waals surface area contributed by atoms with Crippen LogP contribution in [-0.2, 0) is 4.79 Å². The van der Waals surface area contributed by atoms with Gasteiger partial charge in [-0.05, 0) is 20.8 Å². The molecule has 1 heterocycles. The minimum Gasteiger partial charge on any atom is -0.373 e. The highest BCUT2D eigenvalue weighted by Crippen LogP contribution is 2.16.